The molecule has 3 heterocycles. The zero-order valence-corrected chi connectivity index (χ0v) is 24.6. The molecule has 2 N–H and O–H groups in total. The molecule has 7 nitrogen and oxygen atoms in total. The molecule has 2 aliphatic rings. The van der Waals surface area contributed by atoms with E-state index in [1.807, 2.05) is 30.9 Å². The first-order chi connectivity index (χ1) is 18.8. The summed E-state index contributed by atoms with van der Waals surface area (Å²) in [5.41, 5.74) is 8.78. The molecule has 1 aromatic heterocycles. The molecule has 2 aliphatic heterocycles. The lowest BCUT2D eigenvalue weighted by atomic mass is 9.84. The second-order valence-electron chi connectivity index (χ2n) is 10.8. The highest BCUT2D eigenvalue weighted by Gasteiger charge is 2.38. The normalized spacial score (nSPS) is 17.8. The molecule has 0 radical (unpaired) electrons. The van der Waals surface area contributed by atoms with Gasteiger partial charge in [-0.3, -0.25) is 25.0 Å². The summed E-state index contributed by atoms with van der Waals surface area (Å²) in [5.74, 6) is 0.111. The maximum absolute atomic E-state index is 13.6. The molecule has 0 saturated carbocycles. The van der Waals surface area contributed by atoms with E-state index < -0.39 is 0 Å². The zero-order valence-electron chi connectivity index (χ0n) is 23.0. The van der Waals surface area contributed by atoms with Gasteiger partial charge in [0.2, 0.25) is 0 Å². The Morgan fingerprint density at radius 3 is 2.44 bits per heavy atom. The van der Waals surface area contributed by atoms with Crippen molar-refractivity contribution in [2.45, 2.75) is 52.0 Å². The topological polar surface area (TPSA) is 77.9 Å². The predicted octanol–water partition coefficient (Wildman–Crippen LogP) is 6.05. The fourth-order valence-corrected chi connectivity index (χ4v) is 6.12. The monoisotopic (exact) mass is 592 g/mol. The van der Waals surface area contributed by atoms with Gasteiger partial charge in [0.25, 0.3) is 5.91 Å². The molecule has 0 unspecified atom stereocenters. The minimum Gasteiger partial charge on any atom is -0.507 e. The molecule has 2 aromatic carbocycles. The number of nitrogens with zero attached hydrogens (tertiary/aromatic N) is 3. The van der Waals surface area contributed by atoms with Crippen LogP contribution in [-0.4, -0.2) is 64.1 Å². The number of nitrogens with one attached hydrogen (secondary N) is 1. The van der Waals surface area contributed by atoms with Crippen molar-refractivity contribution >= 4 is 38.4 Å². The minimum atomic E-state index is -0.0321. The number of piperidine rings is 2. The Kier molecular flexibility index (Phi) is 8.26. The number of pyridine rings is 1. The number of aromatic nitrogens is 1. The lowest BCUT2D eigenvalue weighted by molar-refractivity contribution is 0.0257. The molecule has 0 spiro atoms. The highest BCUT2D eigenvalue weighted by molar-refractivity contribution is 9.10. The number of rotatable bonds is 6. The van der Waals surface area contributed by atoms with Crippen LogP contribution < -0.4 is 5.48 Å². The summed E-state index contributed by atoms with van der Waals surface area (Å²) in [6.45, 7) is 10.1. The number of carbonyl (C=O) groups excluding carboxylic acids is 1. The van der Waals surface area contributed by atoms with Gasteiger partial charge in [-0.1, -0.05) is 34.1 Å². The second kappa shape index (κ2) is 11.7. The van der Waals surface area contributed by atoms with Gasteiger partial charge in [-0.05, 0) is 87.4 Å². The van der Waals surface area contributed by atoms with E-state index in [2.05, 4.69) is 62.5 Å². The molecular weight excluding hydrogens is 556 g/mol. The molecule has 39 heavy (non-hydrogen) atoms. The van der Waals surface area contributed by atoms with Gasteiger partial charge in [-0.2, -0.15) is 0 Å². The van der Waals surface area contributed by atoms with Gasteiger partial charge in [-0.25, -0.2) is 0 Å². The number of phenolic OH excluding ortho intramolecular Hbond substituents is 1. The number of halogens is 1. The molecule has 2 fully saturated rings. The van der Waals surface area contributed by atoms with Crippen LogP contribution in [0.2, 0.25) is 0 Å². The standard InChI is InChI=1S/C31H37BrN4O3/c1-4-39-34-28(22-6-8-24(32)9-7-22)23-12-17-36(18-13-23)31(3)14-19-35(20-15-31)30(38)25-11-16-33-26-10-5-21(2)29(37)27(25)26/h5-11,16,34,37H,4,12-15,17-20H2,1-3H3. The smallest absolute Gasteiger partial charge is 0.254 e. The Hall–Kier alpha value is -2.94. The average Bonchev–Trinajstić information content (AvgIpc) is 2.96. The summed E-state index contributed by atoms with van der Waals surface area (Å²) in [5, 5.41) is 11.2. The van der Waals surface area contributed by atoms with Crippen LogP contribution in [0.25, 0.3) is 16.6 Å². The Bertz CT molecular complexity index is 1370. The Morgan fingerprint density at radius 1 is 1.08 bits per heavy atom. The minimum absolute atomic E-state index is 0.0321. The van der Waals surface area contributed by atoms with Gasteiger partial charge < -0.3 is 10.0 Å². The Labute approximate surface area is 238 Å². The van der Waals surface area contributed by atoms with Crippen LogP contribution in [0.4, 0.5) is 0 Å². The van der Waals surface area contributed by atoms with Crippen molar-refractivity contribution < 1.29 is 14.7 Å². The summed E-state index contributed by atoms with van der Waals surface area (Å²) >= 11 is 3.53. The number of hydrogen-bond donors (Lipinski definition) is 2. The van der Waals surface area contributed by atoms with E-state index >= 15 is 0 Å². The van der Waals surface area contributed by atoms with Crippen LogP contribution in [0.5, 0.6) is 5.75 Å². The molecule has 3 aromatic rings. The third-order valence-corrected chi connectivity index (χ3v) is 8.90. The van der Waals surface area contributed by atoms with Gasteiger partial charge in [0.15, 0.2) is 0 Å². The van der Waals surface area contributed by atoms with Crippen LogP contribution in [0.3, 0.4) is 0 Å². The largest absolute Gasteiger partial charge is 0.507 e. The predicted molar refractivity (Wildman–Crippen MR) is 158 cm³/mol. The van der Waals surface area contributed by atoms with E-state index in [0.717, 1.165) is 60.1 Å². The summed E-state index contributed by atoms with van der Waals surface area (Å²) < 4.78 is 1.06. The SMILES string of the molecule is CCONC(=C1CCN(C2(C)CCN(C(=O)c3ccnc4ccc(C)c(O)c34)CC2)CC1)c1ccc(Br)cc1. The number of fused-ring (bicyclic) bond motifs is 1. The molecule has 206 valence electrons. The van der Waals surface area contributed by atoms with Gasteiger partial charge in [0.05, 0.1) is 28.8 Å². The molecule has 0 bridgehead atoms. The molecule has 2 saturated heterocycles. The number of hydrogen-bond acceptors (Lipinski definition) is 6. The number of aryl methyl sites for hydroxylation is 1. The quantitative estimate of drug-likeness (QED) is 0.339. The van der Waals surface area contributed by atoms with Crippen molar-refractivity contribution in [1.29, 1.82) is 0 Å². The van der Waals surface area contributed by atoms with Crippen molar-refractivity contribution in [3.8, 4) is 5.75 Å². The van der Waals surface area contributed by atoms with Crippen molar-refractivity contribution in [3.05, 3.63) is 75.4 Å². The van der Waals surface area contributed by atoms with Crippen molar-refractivity contribution in [3.63, 3.8) is 0 Å². The maximum atomic E-state index is 13.6. The Morgan fingerprint density at radius 2 is 1.77 bits per heavy atom. The van der Waals surface area contributed by atoms with Crippen molar-refractivity contribution in [2.24, 2.45) is 0 Å². The van der Waals surface area contributed by atoms with Crippen LogP contribution in [0.15, 0.2) is 58.7 Å². The first-order valence-electron chi connectivity index (χ1n) is 13.8. The van der Waals surface area contributed by atoms with Crippen LogP contribution in [0.1, 0.15) is 61.0 Å². The van der Waals surface area contributed by atoms with Crippen LogP contribution in [-0.2, 0) is 4.84 Å². The fourth-order valence-electron chi connectivity index (χ4n) is 5.85. The zero-order chi connectivity index (χ0) is 27.6. The van der Waals surface area contributed by atoms with Gasteiger partial charge in [0.1, 0.15) is 5.75 Å². The summed E-state index contributed by atoms with van der Waals surface area (Å²) in [6.07, 6.45) is 5.45. The highest BCUT2D eigenvalue weighted by atomic mass is 79.9. The first-order valence-corrected chi connectivity index (χ1v) is 14.6. The van der Waals surface area contributed by atoms with Crippen LogP contribution in [0, 0.1) is 6.92 Å². The number of likely N-dealkylation sites (tertiary alicyclic amines) is 2. The van der Waals surface area contributed by atoms with Gasteiger partial charge in [0, 0.05) is 42.4 Å². The highest BCUT2D eigenvalue weighted by Crippen LogP contribution is 2.36. The van der Waals surface area contributed by atoms with Crippen LogP contribution >= 0.6 is 15.9 Å². The van der Waals surface area contributed by atoms with Crippen molar-refractivity contribution in [2.75, 3.05) is 32.8 Å². The molecular formula is C31H37BrN4O3. The third kappa shape index (κ3) is 5.69. The summed E-state index contributed by atoms with van der Waals surface area (Å²) in [6, 6.07) is 13.8. The summed E-state index contributed by atoms with van der Waals surface area (Å²) in [7, 11) is 0. The van der Waals surface area contributed by atoms with Gasteiger partial charge >= 0.3 is 0 Å². The van der Waals surface area contributed by atoms with E-state index in [9.17, 15) is 9.90 Å². The second-order valence-corrected chi connectivity index (χ2v) is 11.7. The van der Waals surface area contributed by atoms with E-state index in [0.29, 0.717) is 36.2 Å². The van der Waals surface area contributed by atoms with E-state index in [1.54, 1.807) is 12.3 Å². The molecule has 0 atom stereocenters. The maximum Gasteiger partial charge on any atom is 0.254 e. The molecule has 5 rings (SSSR count). The number of hydroxylamine groups is 1. The number of amides is 1. The van der Waals surface area contributed by atoms with Gasteiger partial charge in [-0.15, -0.1) is 0 Å². The van der Waals surface area contributed by atoms with E-state index in [-0.39, 0.29) is 17.2 Å². The fraction of sp³-hybridized carbons (Fsp3) is 0.419. The number of carbonyl (C=O) groups is 1. The molecule has 8 heteroatoms. The first kappa shape index (κ1) is 27.6. The Balaban J connectivity index is 1.26. The summed E-state index contributed by atoms with van der Waals surface area (Å²) in [4.78, 5) is 28.1. The number of benzene rings is 2. The van der Waals surface area contributed by atoms with E-state index in [4.69, 9.17) is 4.84 Å². The lowest BCUT2D eigenvalue weighted by Gasteiger charge is -2.48. The number of aromatic hydroxyl groups is 1. The third-order valence-electron chi connectivity index (χ3n) is 8.38. The molecule has 0 aliphatic carbocycles. The number of phenols is 1. The lowest BCUT2D eigenvalue weighted by Crippen LogP contribution is -2.56. The van der Waals surface area contributed by atoms with Crippen molar-refractivity contribution in [1.82, 2.24) is 20.3 Å². The molecule has 1 amide bonds. The van der Waals surface area contributed by atoms with E-state index in [1.165, 1.54) is 5.57 Å². The average molecular weight is 594 g/mol.